The van der Waals surface area contributed by atoms with Gasteiger partial charge >= 0.3 is 0 Å². The second kappa shape index (κ2) is 12.0. The summed E-state index contributed by atoms with van der Waals surface area (Å²) in [7, 11) is 0. The van der Waals surface area contributed by atoms with E-state index in [2.05, 4.69) is 46.9 Å². The van der Waals surface area contributed by atoms with Crippen LogP contribution in [0.4, 0.5) is 5.82 Å². The first-order valence-corrected chi connectivity index (χ1v) is 13.5. The molecule has 1 saturated heterocycles. The second-order valence-electron chi connectivity index (χ2n) is 9.42. The average Bonchev–Trinajstić information content (AvgIpc) is 3.32. The number of fused-ring (bicyclic) bond motifs is 1. The van der Waals surface area contributed by atoms with Crippen LogP contribution in [0.3, 0.4) is 0 Å². The van der Waals surface area contributed by atoms with Crippen molar-refractivity contribution in [3.8, 4) is 0 Å². The number of allylic oxidation sites excluding steroid dienone is 1. The predicted octanol–water partition coefficient (Wildman–Crippen LogP) is 3.46. The summed E-state index contributed by atoms with van der Waals surface area (Å²) < 4.78 is 0.821. The van der Waals surface area contributed by atoms with Crippen molar-refractivity contribution in [2.24, 2.45) is 5.16 Å². The van der Waals surface area contributed by atoms with E-state index in [0.29, 0.717) is 19.0 Å². The van der Waals surface area contributed by atoms with Gasteiger partial charge in [-0.05, 0) is 73.8 Å². The molecule has 2 atom stereocenters. The molecule has 0 aromatic carbocycles. The summed E-state index contributed by atoms with van der Waals surface area (Å²) in [6.07, 6.45) is 7.46. The Hall–Kier alpha value is -2.72. The number of carbonyl (C=O) groups excluding carboxylic acids is 2. The van der Waals surface area contributed by atoms with Crippen LogP contribution >= 0.6 is 15.9 Å². The maximum absolute atomic E-state index is 13.0. The molecule has 1 aromatic heterocycles. The molecule has 4 rings (SSSR count). The predicted molar refractivity (Wildman–Crippen MR) is 144 cm³/mol. The van der Waals surface area contributed by atoms with Crippen molar-refractivity contribution in [1.29, 1.82) is 0 Å². The van der Waals surface area contributed by atoms with Crippen LogP contribution in [0.1, 0.15) is 57.9 Å². The number of rotatable bonds is 9. The highest BCUT2D eigenvalue weighted by Gasteiger charge is 2.34. The lowest BCUT2D eigenvalue weighted by Gasteiger charge is -2.27. The largest absolute Gasteiger partial charge is 0.396 e. The van der Waals surface area contributed by atoms with Crippen LogP contribution in [0.15, 0.2) is 44.8 Å². The number of pyridine rings is 1. The van der Waals surface area contributed by atoms with E-state index in [9.17, 15) is 9.59 Å². The van der Waals surface area contributed by atoms with Gasteiger partial charge in [-0.3, -0.25) is 9.59 Å². The highest BCUT2D eigenvalue weighted by molar-refractivity contribution is 9.10. The Kier molecular flexibility index (Phi) is 8.79. The number of aromatic nitrogens is 1. The molecule has 3 aliphatic heterocycles. The van der Waals surface area contributed by atoms with E-state index in [0.717, 1.165) is 77.9 Å². The zero-order chi connectivity index (χ0) is 25.7. The van der Waals surface area contributed by atoms with Gasteiger partial charge in [0, 0.05) is 60.0 Å². The Morgan fingerprint density at radius 1 is 1.36 bits per heavy atom. The number of piperidine rings is 1. The van der Waals surface area contributed by atoms with Crippen LogP contribution in [0, 0.1) is 0 Å². The van der Waals surface area contributed by atoms with Crippen LogP contribution in [0.25, 0.3) is 0 Å². The number of oxime groups is 1. The first-order chi connectivity index (χ1) is 17.4. The summed E-state index contributed by atoms with van der Waals surface area (Å²) in [5, 5.41) is 13.5. The number of amides is 2. The molecule has 1 aromatic rings. The monoisotopic (exact) mass is 558 g/mol. The lowest BCUT2D eigenvalue weighted by molar-refractivity contribution is -0.118. The summed E-state index contributed by atoms with van der Waals surface area (Å²) in [5.41, 5.74) is 4.40. The number of halogens is 1. The number of carbonyl (C=O) groups is 2. The van der Waals surface area contributed by atoms with E-state index in [1.165, 1.54) is 0 Å². The fraction of sp³-hybridized carbons (Fsp3) is 0.538. The summed E-state index contributed by atoms with van der Waals surface area (Å²) in [5.74, 6) is -0.0335. The minimum absolute atomic E-state index is 0.0497. The highest BCUT2D eigenvalue weighted by atomic mass is 79.9. The first kappa shape index (κ1) is 26.3. The van der Waals surface area contributed by atoms with Gasteiger partial charge < -0.3 is 25.7 Å². The molecule has 36 heavy (non-hydrogen) atoms. The van der Waals surface area contributed by atoms with Crippen LogP contribution in [0.5, 0.6) is 0 Å². The topological polar surface area (TPSA) is 108 Å². The molecule has 3 N–H and O–H groups in total. The van der Waals surface area contributed by atoms with Gasteiger partial charge in [0.15, 0.2) is 0 Å². The molecule has 3 aliphatic rings. The van der Waals surface area contributed by atoms with E-state index >= 15 is 0 Å². The number of hydrogen-bond acceptors (Lipinski definition) is 7. The highest BCUT2D eigenvalue weighted by Crippen LogP contribution is 2.36. The van der Waals surface area contributed by atoms with Crippen molar-refractivity contribution in [3.05, 3.63) is 45.2 Å². The number of anilines is 1. The van der Waals surface area contributed by atoms with Gasteiger partial charge in [0.25, 0.3) is 0 Å². The van der Waals surface area contributed by atoms with Crippen molar-refractivity contribution in [2.75, 3.05) is 38.1 Å². The molecular weight excluding hydrogens is 524 g/mol. The lowest BCUT2D eigenvalue weighted by atomic mass is 9.99. The van der Waals surface area contributed by atoms with Gasteiger partial charge in [0.05, 0.1) is 17.7 Å². The third-order valence-corrected chi connectivity index (χ3v) is 7.31. The average molecular weight is 560 g/mol. The van der Waals surface area contributed by atoms with Gasteiger partial charge in [0.1, 0.15) is 12.4 Å². The second-order valence-corrected chi connectivity index (χ2v) is 10.3. The molecule has 194 valence electrons. The Bertz CT molecular complexity index is 1090. The molecule has 2 unspecified atom stereocenters. The van der Waals surface area contributed by atoms with Gasteiger partial charge in [-0.25, -0.2) is 4.98 Å². The van der Waals surface area contributed by atoms with Crippen molar-refractivity contribution in [1.82, 2.24) is 20.5 Å². The maximum atomic E-state index is 13.0. The number of likely N-dealkylation sites (tertiary alicyclic amines) is 1. The lowest BCUT2D eigenvalue weighted by Crippen LogP contribution is -2.35. The molecule has 4 heterocycles. The van der Waals surface area contributed by atoms with Crippen molar-refractivity contribution < 1.29 is 14.4 Å². The molecule has 10 heteroatoms. The van der Waals surface area contributed by atoms with Crippen molar-refractivity contribution >= 4 is 39.3 Å². The SMILES string of the molecule is CCON=C1CCN(CCCCNC(=O)C2=C(C)/C(=C/C3C(=O)Nc4ncc(Br)cc43)NC2C)CC1. The van der Waals surface area contributed by atoms with Crippen molar-refractivity contribution in [3.63, 3.8) is 0 Å². The Morgan fingerprint density at radius 3 is 2.89 bits per heavy atom. The Morgan fingerprint density at radius 2 is 2.14 bits per heavy atom. The summed E-state index contributed by atoms with van der Waals surface area (Å²) >= 11 is 3.43. The minimum atomic E-state index is -0.451. The molecule has 0 spiro atoms. The normalized spacial score (nSPS) is 22.9. The number of nitrogens with one attached hydrogen (secondary N) is 3. The van der Waals surface area contributed by atoms with E-state index < -0.39 is 5.92 Å². The number of hydrogen-bond donors (Lipinski definition) is 3. The van der Waals surface area contributed by atoms with Crippen LogP contribution in [-0.4, -0.2) is 66.2 Å². The molecule has 0 saturated carbocycles. The van der Waals surface area contributed by atoms with E-state index in [1.807, 2.05) is 32.9 Å². The quantitative estimate of drug-likeness (QED) is 0.316. The molecule has 9 nitrogen and oxygen atoms in total. The van der Waals surface area contributed by atoms with E-state index in [-0.39, 0.29) is 17.9 Å². The Labute approximate surface area is 220 Å². The molecule has 0 aliphatic carbocycles. The summed E-state index contributed by atoms with van der Waals surface area (Å²) in [6.45, 7) is 10.2. The zero-order valence-corrected chi connectivity index (χ0v) is 22.8. The third kappa shape index (κ3) is 6.15. The van der Waals surface area contributed by atoms with Gasteiger partial charge in [-0.2, -0.15) is 0 Å². The van der Waals surface area contributed by atoms with Gasteiger partial charge in [0.2, 0.25) is 11.8 Å². The van der Waals surface area contributed by atoms with Gasteiger partial charge in [-0.15, -0.1) is 0 Å². The smallest absolute Gasteiger partial charge is 0.249 e. The number of nitrogens with zero attached hydrogens (tertiary/aromatic N) is 3. The first-order valence-electron chi connectivity index (χ1n) is 12.7. The summed E-state index contributed by atoms with van der Waals surface area (Å²) in [6, 6.07) is 1.78. The minimum Gasteiger partial charge on any atom is -0.396 e. The number of unbranched alkanes of at least 4 members (excludes halogenated alkanes) is 1. The fourth-order valence-corrected chi connectivity index (χ4v) is 5.28. The third-order valence-electron chi connectivity index (χ3n) is 6.88. The fourth-order valence-electron chi connectivity index (χ4n) is 4.93. The summed E-state index contributed by atoms with van der Waals surface area (Å²) in [4.78, 5) is 37.4. The van der Waals surface area contributed by atoms with E-state index in [1.54, 1.807) is 6.20 Å². The zero-order valence-electron chi connectivity index (χ0n) is 21.2. The molecule has 0 radical (unpaired) electrons. The van der Waals surface area contributed by atoms with Crippen molar-refractivity contribution in [2.45, 2.75) is 58.4 Å². The van der Waals surface area contributed by atoms with Gasteiger partial charge in [-0.1, -0.05) is 5.16 Å². The van der Waals surface area contributed by atoms with Crippen LogP contribution < -0.4 is 16.0 Å². The molecule has 2 amide bonds. The Balaban J connectivity index is 1.27. The molecule has 1 fully saturated rings. The molecular formula is C26H35BrN6O3. The van der Waals surface area contributed by atoms with Crippen LogP contribution in [0.2, 0.25) is 0 Å². The van der Waals surface area contributed by atoms with Crippen LogP contribution in [-0.2, 0) is 14.4 Å². The molecule has 0 bridgehead atoms. The standard InChI is InChI=1S/C26H35BrN6O3/c1-4-36-32-19-7-11-33(12-8-19)10-6-5-9-28-26(35)23-16(2)22(30-17(23)3)14-21-20-13-18(27)15-29-24(20)31-25(21)34/h13-15,17,21,30H,4-12H2,1-3H3,(H,28,35)(H,29,31,34)/b22-14-. The maximum Gasteiger partial charge on any atom is 0.249 e. The van der Waals surface area contributed by atoms with E-state index in [4.69, 9.17) is 4.84 Å².